The highest BCUT2D eigenvalue weighted by Gasteiger charge is 2.33. The Morgan fingerprint density at radius 2 is 1.48 bits per heavy atom. The van der Waals surface area contributed by atoms with Crippen LogP contribution >= 0.6 is 0 Å². The molecule has 0 radical (unpaired) electrons. The van der Waals surface area contributed by atoms with Crippen molar-refractivity contribution in [1.82, 2.24) is 10.2 Å². The third kappa shape index (κ3) is 29.9. The fourth-order valence-electron chi connectivity index (χ4n) is 11.6. The Kier molecular flexibility index (Phi) is 44.0. The number of para-hydroxylation sites is 1. The Balaban J connectivity index is -0.00000110. The average molecular weight is 991 g/mol. The van der Waals surface area contributed by atoms with E-state index in [2.05, 4.69) is 168 Å². The summed E-state index contributed by atoms with van der Waals surface area (Å²) in [4.78, 5) is 2.22. The van der Waals surface area contributed by atoms with Crippen LogP contribution in [0, 0.1) is 58.7 Å². The number of anilines is 1. The van der Waals surface area contributed by atoms with Gasteiger partial charge in [-0.15, -0.1) is 13.2 Å². The van der Waals surface area contributed by atoms with Crippen molar-refractivity contribution in [2.45, 2.75) is 240 Å². The minimum absolute atomic E-state index is 0.0638. The fraction of sp³-hybridized carbons (Fsp3) is 0.761. The zero-order valence-electron chi connectivity index (χ0n) is 51.9. The molecular formula is C67H127N3O. The first-order valence-corrected chi connectivity index (χ1v) is 29.9. The van der Waals surface area contributed by atoms with Gasteiger partial charge in [-0.3, -0.25) is 0 Å². The maximum Gasteiger partial charge on any atom is 0.0557 e. The number of aliphatic hydroxyl groups is 1. The van der Waals surface area contributed by atoms with E-state index in [0.717, 1.165) is 67.9 Å². The molecule has 0 amide bonds. The lowest BCUT2D eigenvalue weighted by molar-refractivity contribution is 0.0577. The first-order valence-electron chi connectivity index (χ1n) is 29.9. The quantitative estimate of drug-likeness (QED) is 0.0615. The second-order valence-electron chi connectivity index (χ2n) is 22.1. The SMILES string of the molecule is C=CC(C)C(CCC(CC)C[C@@H](C)C(=C)/C(C)=C/[C@@](C)(CCC)CC(=C)C)CC1CC(C)C(C)[C@H](C)C1.CC.CC.CC.CC.CC1CC(O)CC(N(C)C)C1.CNCCCC1=CCNc2ccccc21. The highest BCUT2D eigenvalue weighted by Crippen LogP contribution is 2.43. The van der Waals surface area contributed by atoms with Crippen LogP contribution in [0.1, 0.15) is 233 Å². The van der Waals surface area contributed by atoms with Gasteiger partial charge >= 0.3 is 0 Å². The molecule has 12 atom stereocenters. The molecule has 2 aliphatic carbocycles. The molecule has 1 heterocycles. The summed E-state index contributed by atoms with van der Waals surface area (Å²) in [7, 11) is 6.19. The molecule has 71 heavy (non-hydrogen) atoms. The Labute approximate surface area is 447 Å². The molecular weight excluding hydrogens is 863 g/mol. The van der Waals surface area contributed by atoms with Crippen LogP contribution in [0.5, 0.6) is 0 Å². The van der Waals surface area contributed by atoms with E-state index in [4.69, 9.17) is 0 Å². The molecule has 0 spiro atoms. The van der Waals surface area contributed by atoms with E-state index in [1.807, 2.05) is 62.4 Å². The molecule has 416 valence electrons. The molecule has 2 fully saturated rings. The molecule has 3 N–H and O–H groups in total. The van der Waals surface area contributed by atoms with E-state index in [1.165, 1.54) is 111 Å². The zero-order chi connectivity index (χ0) is 55.3. The molecule has 3 aliphatic rings. The van der Waals surface area contributed by atoms with Crippen molar-refractivity contribution in [3.8, 4) is 0 Å². The van der Waals surface area contributed by atoms with Crippen molar-refractivity contribution in [2.24, 2.45) is 58.7 Å². The van der Waals surface area contributed by atoms with Gasteiger partial charge in [-0.05, 0) is 194 Å². The highest BCUT2D eigenvalue weighted by molar-refractivity contribution is 5.79. The van der Waals surface area contributed by atoms with Crippen LogP contribution in [0.2, 0.25) is 0 Å². The standard InChI is InChI=1S/C37H66.C13H18N2.C9H19NO.4C2H6/c1-14-19-37(13,24-26(4)5)25-31(10)33(12)28(7)20-34(16-3)17-18-36(27(6)15-2)23-35-21-29(8)32(11)30(9)22-35;1-14-9-4-5-11-8-10-15-13-7-3-2-6-12(11)13;1-7-4-8(10(2)3)6-9(11)5-7;4*1-2/h15,25,27-30,32,34-36H,2,4,12,14,16-24H2,1,3,5-11,13H3;2-3,6-8,14-15H,4-5,9-10H2,1H3;7-9,11H,4-6H2,1-3H3;4*1-2H3/b31-25+;;;;;;/t27?,28-,29-,30?,32?,34?,35?,36?,37+;;;;;;/m1....../s1. The van der Waals surface area contributed by atoms with Crippen LogP contribution in [-0.4, -0.2) is 56.4 Å². The van der Waals surface area contributed by atoms with Gasteiger partial charge in [0, 0.05) is 23.8 Å². The van der Waals surface area contributed by atoms with Crippen LogP contribution in [0.4, 0.5) is 5.69 Å². The van der Waals surface area contributed by atoms with E-state index in [-0.39, 0.29) is 11.5 Å². The number of allylic oxidation sites excluding steroid dienone is 6. The van der Waals surface area contributed by atoms with E-state index >= 15 is 0 Å². The van der Waals surface area contributed by atoms with Gasteiger partial charge < -0.3 is 20.6 Å². The maximum atomic E-state index is 9.47. The van der Waals surface area contributed by atoms with Crippen molar-refractivity contribution >= 4 is 11.3 Å². The highest BCUT2D eigenvalue weighted by atomic mass is 16.3. The molecule has 0 saturated heterocycles. The first kappa shape index (κ1) is 72.8. The molecule has 1 aromatic carbocycles. The molecule has 0 aromatic heterocycles. The molecule has 1 aliphatic heterocycles. The second-order valence-corrected chi connectivity index (χ2v) is 22.1. The minimum Gasteiger partial charge on any atom is -0.393 e. The molecule has 4 nitrogen and oxygen atoms in total. The van der Waals surface area contributed by atoms with Crippen molar-refractivity contribution < 1.29 is 5.11 Å². The number of aliphatic hydroxyl groups excluding tert-OH is 1. The summed E-state index contributed by atoms with van der Waals surface area (Å²) in [5, 5.41) is 16.1. The predicted octanol–water partition coefficient (Wildman–Crippen LogP) is 19.9. The smallest absolute Gasteiger partial charge is 0.0557 e. The van der Waals surface area contributed by atoms with Gasteiger partial charge in [0.1, 0.15) is 0 Å². The predicted molar refractivity (Wildman–Crippen MR) is 328 cm³/mol. The summed E-state index contributed by atoms with van der Waals surface area (Å²) in [5.41, 5.74) is 8.35. The first-order chi connectivity index (χ1) is 33.8. The van der Waals surface area contributed by atoms with Gasteiger partial charge in [0.25, 0.3) is 0 Å². The van der Waals surface area contributed by atoms with E-state index in [1.54, 1.807) is 0 Å². The number of hydrogen-bond acceptors (Lipinski definition) is 4. The van der Waals surface area contributed by atoms with Crippen LogP contribution in [0.3, 0.4) is 0 Å². The van der Waals surface area contributed by atoms with Crippen molar-refractivity contribution in [1.29, 1.82) is 0 Å². The average Bonchev–Trinajstić information content (AvgIpc) is 3.35. The number of benzene rings is 1. The normalized spacial score (nSPS) is 23.8. The third-order valence-electron chi connectivity index (χ3n) is 15.8. The summed E-state index contributed by atoms with van der Waals surface area (Å²) in [5.74, 6) is 6.91. The van der Waals surface area contributed by atoms with Gasteiger partial charge in [-0.2, -0.15) is 0 Å². The number of fused-ring (bicyclic) bond motifs is 1. The molecule has 2 saturated carbocycles. The second kappa shape index (κ2) is 42.9. The van der Waals surface area contributed by atoms with Crippen LogP contribution in [0.15, 0.2) is 78.9 Å². The largest absolute Gasteiger partial charge is 0.393 e. The van der Waals surface area contributed by atoms with Gasteiger partial charge in [0.15, 0.2) is 0 Å². The van der Waals surface area contributed by atoms with E-state index in [0.29, 0.717) is 23.8 Å². The maximum absolute atomic E-state index is 9.47. The van der Waals surface area contributed by atoms with Crippen molar-refractivity contribution in [3.05, 3.63) is 84.5 Å². The van der Waals surface area contributed by atoms with Crippen molar-refractivity contribution in [3.63, 3.8) is 0 Å². The van der Waals surface area contributed by atoms with E-state index in [9.17, 15) is 5.11 Å². The fourth-order valence-corrected chi connectivity index (χ4v) is 11.6. The Bertz CT molecular complexity index is 1520. The van der Waals surface area contributed by atoms with Crippen LogP contribution < -0.4 is 10.6 Å². The van der Waals surface area contributed by atoms with E-state index < -0.39 is 0 Å². The lowest BCUT2D eigenvalue weighted by atomic mass is 9.66. The molecule has 1 aromatic rings. The van der Waals surface area contributed by atoms with Crippen LogP contribution in [-0.2, 0) is 0 Å². The Morgan fingerprint density at radius 1 is 0.887 bits per heavy atom. The summed E-state index contributed by atoms with van der Waals surface area (Å²) in [6.07, 6.45) is 25.5. The summed E-state index contributed by atoms with van der Waals surface area (Å²) in [6, 6.07) is 9.14. The van der Waals surface area contributed by atoms with Crippen LogP contribution in [0.25, 0.3) is 5.57 Å². The van der Waals surface area contributed by atoms with Gasteiger partial charge in [-0.1, -0.05) is 191 Å². The number of nitrogens with zero attached hydrogens (tertiary/aromatic N) is 1. The molecule has 9 unspecified atom stereocenters. The number of nitrogens with one attached hydrogen (secondary N) is 2. The lowest BCUT2D eigenvalue weighted by Gasteiger charge is -2.39. The summed E-state index contributed by atoms with van der Waals surface area (Å²) in [6.45, 7) is 57.1. The lowest BCUT2D eigenvalue weighted by Crippen LogP contribution is -2.38. The zero-order valence-corrected chi connectivity index (χ0v) is 51.9. The van der Waals surface area contributed by atoms with Gasteiger partial charge in [0.2, 0.25) is 0 Å². The third-order valence-corrected chi connectivity index (χ3v) is 15.8. The Hall–Kier alpha value is -2.40. The Morgan fingerprint density at radius 3 is 1.99 bits per heavy atom. The molecule has 4 heteroatoms. The topological polar surface area (TPSA) is 47.5 Å². The van der Waals surface area contributed by atoms with Gasteiger partial charge in [0.05, 0.1) is 6.10 Å². The molecule has 0 bridgehead atoms. The van der Waals surface area contributed by atoms with Crippen molar-refractivity contribution in [2.75, 3.05) is 39.5 Å². The number of rotatable bonds is 22. The summed E-state index contributed by atoms with van der Waals surface area (Å²) >= 11 is 0. The van der Waals surface area contributed by atoms with Gasteiger partial charge in [-0.25, -0.2) is 0 Å². The molecule has 4 rings (SSSR count). The summed E-state index contributed by atoms with van der Waals surface area (Å²) < 4.78 is 0. The monoisotopic (exact) mass is 990 g/mol. The number of hydrogen-bond donors (Lipinski definition) is 3. The minimum atomic E-state index is -0.0638.